The maximum absolute atomic E-state index is 12.9. The van der Waals surface area contributed by atoms with Gasteiger partial charge in [0.15, 0.2) is 0 Å². The summed E-state index contributed by atoms with van der Waals surface area (Å²) in [5.74, 6) is 1.33. The van der Waals surface area contributed by atoms with Crippen LogP contribution in [0.1, 0.15) is 38.3 Å². The van der Waals surface area contributed by atoms with Crippen molar-refractivity contribution in [3.05, 3.63) is 76.0 Å². The molecule has 0 radical (unpaired) electrons. The van der Waals surface area contributed by atoms with Crippen molar-refractivity contribution in [3.8, 4) is 11.5 Å². The molecule has 0 bridgehead atoms. The van der Waals surface area contributed by atoms with Crippen LogP contribution in [0.5, 0.6) is 11.5 Å². The Balaban J connectivity index is 1.32. The summed E-state index contributed by atoms with van der Waals surface area (Å²) < 4.78 is 12.7. The zero-order valence-corrected chi connectivity index (χ0v) is 22.0. The number of hydrogen-bond acceptors (Lipinski definition) is 6. The van der Waals surface area contributed by atoms with Crippen LogP contribution < -0.4 is 4.74 Å². The van der Waals surface area contributed by atoms with Gasteiger partial charge in [0.2, 0.25) is 6.29 Å². The summed E-state index contributed by atoms with van der Waals surface area (Å²) in [6.07, 6.45) is 0.357. The first-order valence-electron chi connectivity index (χ1n) is 11.7. The predicted octanol–water partition coefficient (Wildman–Crippen LogP) is 5.57. The van der Waals surface area contributed by atoms with E-state index in [1.165, 1.54) is 4.68 Å². The average molecular weight is 533 g/mol. The molecule has 0 aliphatic carbocycles. The van der Waals surface area contributed by atoms with E-state index in [2.05, 4.69) is 10.00 Å². The van der Waals surface area contributed by atoms with Gasteiger partial charge in [0, 0.05) is 49.0 Å². The van der Waals surface area contributed by atoms with Gasteiger partial charge in [-0.05, 0) is 74.9 Å². The van der Waals surface area contributed by atoms with Gasteiger partial charge >= 0.3 is 6.03 Å². The van der Waals surface area contributed by atoms with Crippen LogP contribution in [0.2, 0.25) is 10.0 Å². The Morgan fingerprint density at radius 1 is 1.00 bits per heavy atom. The Morgan fingerprint density at radius 3 is 2.36 bits per heavy atom. The fourth-order valence-corrected chi connectivity index (χ4v) is 4.26. The third-order valence-corrected chi connectivity index (χ3v) is 6.02. The van der Waals surface area contributed by atoms with Crippen LogP contribution in [-0.4, -0.2) is 62.5 Å². The standard InChI is InChI=1S/C26H30Cl2N4O4/c1-26(2,3)36-24(33)23-8-9-32(29-23)25(34)31-12-10-30(11-13-31)17-18-14-20(28)16-22(15-18)35-21-6-4-19(27)5-7-21/h4-9,14-16,24,33H,10-13,17H2,1-3H3. The fourth-order valence-electron chi connectivity index (χ4n) is 3.88. The molecule has 0 saturated carbocycles. The molecule has 1 aliphatic heterocycles. The van der Waals surface area contributed by atoms with Crippen LogP contribution >= 0.6 is 23.2 Å². The van der Waals surface area contributed by atoms with Gasteiger partial charge < -0.3 is 19.5 Å². The summed E-state index contributed by atoms with van der Waals surface area (Å²) in [6, 6.07) is 14.2. The number of aliphatic hydroxyl groups is 1. The Bertz CT molecular complexity index is 1190. The summed E-state index contributed by atoms with van der Waals surface area (Å²) in [6.45, 7) is 8.73. The van der Waals surface area contributed by atoms with Gasteiger partial charge in [0.1, 0.15) is 17.2 Å². The molecule has 1 aromatic heterocycles. The minimum absolute atomic E-state index is 0.231. The first kappa shape index (κ1) is 26.4. The van der Waals surface area contributed by atoms with Crippen molar-refractivity contribution in [1.82, 2.24) is 19.6 Å². The van der Waals surface area contributed by atoms with Gasteiger partial charge in [-0.3, -0.25) is 4.90 Å². The minimum Gasteiger partial charge on any atom is -0.457 e. The Morgan fingerprint density at radius 2 is 1.69 bits per heavy atom. The molecule has 1 aliphatic rings. The van der Waals surface area contributed by atoms with Crippen LogP contribution in [0.25, 0.3) is 0 Å². The van der Waals surface area contributed by atoms with E-state index in [0.717, 1.165) is 5.56 Å². The quantitative estimate of drug-likeness (QED) is 0.417. The molecule has 4 rings (SSSR count). The highest BCUT2D eigenvalue weighted by Crippen LogP contribution is 2.28. The Hall–Kier alpha value is -2.62. The zero-order chi connectivity index (χ0) is 25.9. The first-order chi connectivity index (χ1) is 17.1. The van der Waals surface area contributed by atoms with Crippen molar-refractivity contribution in [3.63, 3.8) is 0 Å². The van der Waals surface area contributed by atoms with Crippen LogP contribution in [0.3, 0.4) is 0 Å². The Labute approximate surface area is 220 Å². The van der Waals surface area contributed by atoms with Gasteiger partial charge in [-0.1, -0.05) is 23.2 Å². The molecule has 1 atom stereocenters. The van der Waals surface area contributed by atoms with E-state index >= 15 is 0 Å². The van der Waals surface area contributed by atoms with Crippen molar-refractivity contribution in [1.29, 1.82) is 0 Å². The number of carbonyl (C=O) groups excluding carboxylic acids is 1. The number of halogens is 2. The maximum Gasteiger partial charge on any atom is 0.344 e. The molecule has 3 aromatic rings. The molecule has 1 unspecified atom stereocenters. The second-order valence-corrected chi connectivity index (χ2v) is 10.5. The molecular weight excluding hydrogens is 503 g/mol. The second kappa shape index (κ2) is 11.2. The van der Waals surface area contributed by atoms with Gasteiger partial charge in [-0.25, -0.2) is 4.79 Å². The molecule has 192 valence electrons. The summed E-state index contributed by atoms with van der Waals surface area (Å²) in [5.41, 5.74) is 0.792. The van der Waals surface area contributed by atoms with Crippen LogP contribution in [-0.2, 0) is 11.3 Å². The number of carbonyl (C=O) groups is 1. The third kappa shape index (κ3) is 7.21. The lowest BCUT2D eigenvalue weighted by atomic mass is 10.2. The molecule has 1 saturated heterocycles. The van der Waals surface area contributed by atoms with E-state index in [4.69, 9.17) is 32.7 Å². The number of rotatable bonds is 6. The minimum atomic E-state index is -1.19. The van der Waals surface area contributed by atoms with E-state index in [0.29, 0.717) is 60.0 Å². The number of amides is 1. The summed E-state index contributed by atoms with van der Waals surface area (Å²) in [7, 11) is 0. The van der Waals surface area contributed by atoms with Gasteiger partial charge in [-0.15, -0.1) is 0 Å². The fraction of sp³-hybridized carbons (Fsp3) is 0.385. The topological polar surface area (TPSA) is 80.1 Å². The molecule has 2 aromatic carbocycles. The SMILES string of the molecule is CC(C)(C)OC(O)c1ccn(C(=O)N2CCN(Cc3cc(Cl)cc(Oc4ccc(Cl)cc4)c3)CC2)n1. The van der Waals surface area contributed by atoms with Crippen LogP contribution in [0, 0.1) is 0 Å². The summed E-state index contributed by atoms with van der Waals surface area (Å²) in [4.78, 5) is 16.9. The normalized spacial score (nSPS) is 15.7. The summed E-state index contributed by atoms with van der Waals surface area (Å²) in [5, 5.41) is 15.7. The largest absolute Gasteiger partial charge is 0.457 e. The van der Waals surface area contributed by atoms with Gasteiger partial charge in [0.25, 0.3) is 0 Å². The van der Waals surface area contributed by atoms with E-state index in [-0.39, 0.29) is 6.03 Å². The van der Waals surface area contributed by atoms with Crippen molar-refractivity contribution in [2.45, 2.75) is 39.2 Å². The number of nitrogens with zero attached hydrogens (tertiary/aromatic N) is 4. The van der Waals surface area contributed by atoms with Gasteiger partial charge in [-0.2, -0.15) is 9.78 Å². The average Bonchev–Trinajstić information content (AvgIpc) is 3.30. The predicted molar refractivity (Wildman–Crippen MR) is 139 cm³/mol. The van der Waals surface area contributed by atoms with E-state index in [9.17, 15) is 9.90 Å². The molecule has 8 nitrogen and oxygen atoms in total. The number of benzene rings is 2. The van der Waals surface area contributed by atoms with Crippen molar-refractivity contribution in [2.75, 3.05) is 26.2 Å². The second-order valence-electron chi connectivity index (χ2n) is 9.66. The lowest BCUT2D eigenvalue weighted by Crippen LogP contribution is -2.49. The van der Waals surface area contributed by atoms with Crippen molar-refractivity contribution in [2.24, 2.45) is 0 Å². The lowest BCUT2D eigenvalue weighted by molar-refractivity contribution is -0.171. The van der Waals surface area contributed by atoms with Gasteiger partial charge in [0.05, 0.1) is 5.60 Å². The van der Waals surface area contributed by atoms with E-state index in [1.807, 2.05) is 32.9 Å². The highest BCUT2D eigenvalue weighted by atomic mass is 35.5. The molecule has 2 heterocycles. The van der Waals surface area contributed by atoms with E-state index < -0.39 is 11.9 Å². The molecule has 36 heavy (non-hydrogen) atoms. The molecule has 0 spiro atoms. The van der Waals surface area contributed by atoms with Crippen molar-refractivity contribution >= 4 is 29.2 Å². The number of aliphatic hydroxyl groups excluding tert-OH is 1. The molecule has 1 N–H and O–H groups in total. The monoisotopic (exact) mass is 532 g/mol. The molecule has 1 fully saturated rings. The smallest absolute Gasteiger partial charge is 0.344 e. The number of hydrogen-bond donors (Lipinski definition) is 1. The maximum atomic E-state index is 12.9. The lowest BCUT2D eigenvalue weighted by Gasteiger charge is -2.34. The van der Waals surface area contributed by atoms with Crippen LogP contribution in [0.15, 0.2) is 54.7 Å². The van der Waals surface area contributed by atoms with Crippen molar-refractivity contribution < 1.29 is 19.4 Å². The number of piperazine rings is 1. The first-order valence-corrected chi connectivity index (χ1v) is 12.5. The molecular formula is C26H30Cl2N4O4. The highest BCUT2D eigenvalue weighted by molar-refractivity contribution is 6.31. The molecule has 10 heteroatoms. The number of ether oxygens (including phenoxy) is 2. The summed E-state index contributed by atoms with van der Waals surface area (Å²) >= 11 is 12.3. The third-order valence-electron chi connectivity index (χ3n) is 5.55. The van der Waals surface area contributed by atoms with E-state index in [1.54, 1.807) is 47.5 Å². The van der Waals surface area contributed by atoms with Crippen LogP contribution in [0.4, 0.5) is 4.79 Å². The zero-order valence-electron chi connectivity index (χ0n) is 20.5. The Kier molecular flexibility index (Phi) is 8.22. The number of aromatic nitrogens is 2. The highest BCUT2D eigenvalue weighted by Gasteiger charge is 2.25. The molecule has 1 amide bonds.